The molecule has 0 aliphatic carbocycles. The van der Waals surface area contributed by atoms with Crippen molar-refractivity contribution in [2.45, 2.75) is 26.2 Å². The van der Waals surface area contributed by atoms with Crippen molar-refractivity contribution in [3.05, 3.63) is 59.7 Å². The summed E-state index contributed by atoms with van der Waals surface area (Å²) in [6.07, 6.45) is 0.945. The Balaban J connectivity index is 1.36. The van der Waals surface area contributed by atoms with Gasteiger partial charge in [-0.1, -0.05) is 50.2 Å². The molecule has 6 heteroatoms. The molecule has 32 heavy (non-hydrogen) atoms. The Morgan fingerprint density at radius 2 is 1.62 bits per heavy atom. The average Bonchev–Trinajstić information content (AvgIpc) is 2.81. The minimum absolute atomic E-state index is 0.565. The first-order chi connectivity index (χ1) is 15.6. The number of hydrogen-bond acceptors (Lipinski definition) is 6. The maximum Gasteiger partial charge on any atom is 0.225 e. The maximum atomic E-state index is 4.80. The van der Waals surface area contributed by atoms with Gasteiger partial charge in [0.1, 0.15) is 5.82 Å². The standard InChI is InChI=1S/C26H36N6/c1-20(2)22-10-8-21(9-11-22)12-13-28-26-29-24-7-5-4-6-23(24)25(30-26)27-14-15-32-18-16-31(3)17-19-32/h4-11,20H,12-19H2,1-3H3,(H2,27,28,29,30). The summed E-state index contributed by atoms with van der Waals surface area (Å²) in [6.45, 7) is 11.7. The number of nitrogens with one attached hydrogen (secondary N) is 2. The summed E-state index contributed by atoms with van der Waals surface area (Å²) in [5.74, 6) is 2.16. The molecule has 1 aromatic heterocycles. The minimum Gasteiger partial charge on any atom is -0.368 e. The molecule has 6 nitrogen and oxygen atoms in total. The predicted octanol–water partition coefficient (Wildman–Crippen LogP) is 4.07. The van der Waals surface area contributed by atoms with Crippen molar-refractivity contribution in [3.8, 4) is 0 Å². The molecule has 2 heterocycles. The molecule has 0 spiro atoms. The Labute approximate surface area is 192 Å². The van der Waals surface area contributed by atoms with Crippen LogP contribution in [0, 0.1) is 0 Å². The van der Waals surface area contributed by atoms with E-state index in [0.29, 0.717) is 11.9 Å². The van der Waals surface area contributed by atoms with E-state index in [1.54, 1.807) is 0 Å². The van der Waals surface area contributed by atoms with Crippen LogP contribution in [0.25, 0.3) is 10.9 Å². The predicted molar refractivity (Wildman–Crippen MR) is 135 cm³/mol. The lowest BCUT2D eigenvalue weighted by Crippen LogP contribution is -2.45. The molecule has 1 aliphatic rings. The molecular weight excluding hydrogens is 396 g/mol. The zero-order valence-electron chi connectivity index (χ0n) is 19.6. The van der Waals surface area contributed by atoms with E-state index in [1.165, 1.54) is 11.1 Å². The zero-order valence-corrected chi connectivity index (χ0v) is 19.6. The van der Waals surface area contributed by atoms with Crippen LogP contribution in [0.2, 0.25) is 0 Å². The van der Waals surface area contributed by atoms with Crippen LogP contribution in [0.15, 0.2) is 48.5 Å². The second kappa shape index (κ2) is 10.7. The summed E-state index contributed by atoms with van der Waals surface area (Å²) in [6, 6.07) is 17.1. The highest BCUT2D eigenvalue weighted by Crippen LogP contribution is 2.22. The van der Waals surface area contributed by atoms with E-state index >= 15 is 0 Å². The van der Waals surface area contributed by atoms with Gasteiger partial charge in [0.05, 0.1) is 5.52 Å². The number of fused-ring (bicyclic) bond motifs is 1. The van der Waals surface area contributed by atoms with Crippen LogP contribution in [0.5, 0.6) is 0 Å². The van der Waals surface area contributed by atoms with E-state index in [-0.39, 0.29) is 0 Å². The third-order valence-corrected chi connectivity index (χ3v) is 6.26. The number of likely N-dealkylation sites (N-methyl/N-ethyl adjacent to an activating group) is 1. The Morgan fingerprint density at radius 3 is 2.38 bits per heavy atom. The molecule has 0 atom stereocenters. The van der Waals surface area contributed by atoms with Crippen LogP contribution >= 0.6 is 0 Å². The first-order valence-electron chi connectivity index (χ1n) is 11.8. The van der Waals surface area contributed by atoms with Gasteiger partial charge in [-0.15, -0.1) is 0 Å². The summed E-state index contributed by atoms with van der Waals surface area (Å²) < 4.78 is 0. The van der Waals surface area contributed by atoms with Gasteiger partial charge in [-0.3, -0.25) is 4.90 Å². The summed E-state index contributed by atoms with van der Waals surface area (Å²) >= 11 is 0. The van der Waals surface area contributed by atoms with E-state index in [4.69, 9.17) is 9.97 Å². The molecule has 0 saturated carbocycles. The number of hydrogen-bond donors (Lipinski definition) is 2. The molecule has 0 radical (unpaired) electrons. The van der Waals surface area contributed by atoms with Crippen LogP contribution in [0.1, 0.15) is 30.9 Å². The second-order valence-electron chi connectivity index (χ2n) is 9.06. The normalized spacial score (nSPS) is 15.4. The lowest BCUT2D eigenvalue weighted by atomic mass is 10.0. The fourth-order valence-corrected chi connectivity index (χ4v) is 4.08. The van der Waals surface area contributed by atoms with Crippen molar-refractivity contribution >= 4 is 22.7 Å². The maximum absolute atomic E-state index is 4.80. The van der Waals surface area contributed by atoms with Crippen molar-refractivity contribution in [1.82, 2.24) is 19.8 Å². The number of nitrogens with zero attached hydrogens (tertiary/aromatic N) is 4. The number of anilines is 2. The first-order valence-corrected chi connectivity index (χ1v) is 11.8. The fraction of sp³-hybridized carbons (Fsp3) is 0.462. The van der Waals surface area contributed by atoms with E-state index in [9.17, 15) is 0 Å². The highest BCUT2D eigenvalue weighted by molar-refractivity contribution is 5.90. The summed E-state index contributed by atoms with van der Waals surface area (Å²) in [5.41, 5.74) is 3.67. The lowest BCUT2D eigenvalue weighted by Gasteiger charge is -2.32. The molecule has 4 rings (SSSR count). The number of para-hydroxylation sites is 1. The number of benzene rings is 2. The van der Waals surface area contributed by atoms with Gasteiger partial charge >= 0.3 is 0 Å². The third kappa shape index (κ3) is 5.96. The van der Waals surface area contributed by atoms with Gasteiger partial charge in [0.15, 0.2) is 0 Å². The van der Waals surface area contributed by atoms with Gasteiger partial charge in [0.2, 0.25) is 5.95 Å². The van der Waals surface area contributed by atoms with E-state index in [2.05, 4.69) is 77.7 Å². The molecular formula is C26H36N6. The summed E-state index contributed by atoms with van der Waals surface area (Å²) in [4.78, 5) is 14.4. The average molecular weight is 433 g/mol. The van der Waals surface area contributed by atoms with Crippen molar-refractivity contribution < 1.29 is 0 Å². The fourth-order valence-electron chi connectivity index (χ4n) is 4.08. The molecule has 0 bridgehead atoms. The third-order valence-electron chi connectivity index (χ3n) is 6.26. The van der Waals surface area contributed by atoms with Crippen LogP contribution in [-0.2, 0) is 6.42 Å². The Kier molecular flexibility index (Phi) is 7.55. The smallest absolute Gasteiger partial charge is 0.225 e. The van der Waals surface area contributed by atoms with E-state index in [1.807, 2.05) is 12.1 Å². The van der Waals surface area contributed by atoms with Gasteiger partial charge in [-0.05, 0) is 42.6 Å². The zero-order chi connectivity index (χ0) is 22.3. The van der Waals surface area contributed by atoms with Crippen LogP contribution in [0.3, 0.4) is 0 Å². The SMILES string of the molecule is CC(C)c1ccc(CCNc2nc(NCCN3CCN(C)CC3)c3ccccc3n2)cc1. The molecule has 3 aromatic rings. The molecule has 170 valence electrons. The topological polar surface area (TPSA) is 56.3 Å². The highest BCUT2D eigenvalue weighted by Gasteiger charge is 2.13. The molecule has 0 unspecified atom stereocenters. The monoisotopic (exact) mass is 432 g/mol. The van der Waals surface area contributed by atoms with Gasteiger partial charge in [-0.25, -0.2) is 4.98 Å². The Morgan fingerprint density at radius 1 is 0.875 bits per heavy atom. The van der Waals surface area contributed by atoms with Gasteiger partial charge in [0.25, 0.3) is 0 Å². The van der Waals surface area contributed by atoms with Crippen molar-refractivity contribution in [3.63, 3.8) is 0 Å². The van der Waals surface area contributed by atoms with E-state index < -0.39 is 0 Å². The minimum atomic E-state index is 0.565. The highest BCUT2D eigenvalue weighted by atomic mass is 15.3. The van der Waals surface area contributed by atoms with Gasteiger partial charge in [-0.2, -0.15) is 4.98 Å². The van der Waals surface area contributed by atoms with Crippen molar-refractivity contribution in [2.75, 3.05) is 63.5 Å². The van der Waals surface area contributed by atoms with E-state index in [0.717, 1.165) is 69.0 Å². The second-order valence-corrected chi connectivity index (χ2v) is 9.06. The molecule has 1 fully saturated rings. The summed E-state index contributed by atoms with van der Waals surface area (Å²) in [7, 11) is 2.19. The van der Waals surface area contributed by atoms with Crippen LogP contribution in [0.4, 0.5) is 11.8 Å². The first kappa shape index (κ1) is 22.5. The summed E-state index contributed by atoms with van der Waals surface area (Å²) in [5, 5.41) is 8.06. The van der Waals surface area contributed by atoms with Crippen molar-refractivity contribution in [2.24, 2.45) is 0 Å². The lowest BCUT2D eigenvalue weighted by molar-refractivity contribution is 0.158. The number of rotatable bonds is 9. The quantitative estimate of drug-likeness (QED) is 0.532. The molecule has 2 aromatic carbocycles. The molecule has 1 saturated heterocycles. The van der Waals surface area contributed by atoms with Gasteiger partial charge in [0, 0.05) is 51.2 Å². The largest absolute Gasteiger partial charge is 0.368 e. The number of piperazine rings is 1. The van der Waals surface area contributed by atoms with Crippen LogP contribution in [-0.4, -0.2) is 72.6 Å². The van der Waals surface area contributed by atoms with Gasteiger partial charge < -0.3 is 15.5 Å². The molecule has 0 amide bonds. The Hall–Kier alpha value is -2.70. The van der Waals surface area contributed by atoms with Crippen molar-refractivity contribution in [1.29, 1.82) is 0 Å². The Bertz CT molecular complexity index is 993. The molecule has 1 aliphatic heterocycles. The van der Waals surface area contributed by atoms with Crippen LogP contribution < -0.4 is 10.6 Å². The number of aromatic nitrogens is 2. The molecule has 2 N–H and O–H groups in total.